The van der Waals surface area contributed by atoms with E-state index in [9.17, 15) is 5.11 Å². The number of hydrogen-bond acceptors (Lipinski definition) is 2. The number of hydrogen-bond donors (Lipinski definition) is 2. The fourth-order valence-corrected chi connectivity index (χ4v) is 3.23. The molecule has 0 aromatic heterocycles. The molecule has 3 aromatic rings. The van der Waals surface area contributed by atoms with Crippen LogP contribution in [0, 0.1) is 0 Å². The molecule has 3 heteroatoms. The van der Waals surface area contributed by atoms with E-state index in [-0.39, 0.29) is 6.04 Å². The molecule has 0 bridgehead atoms. The molecule has 2 N–H and O–H groups in total. The Bertz CT molecular complexity index is 817. The lowest BCUT2D eigenvalue weighted by atomic mass is 10.0. The first-order valence-corrected chi connectivity index (χ1v) is 9.31. The van der Waals surface area contributed by atoms with Crippen LogP contribution in [0.3, 0.4) is 0 Å². The second-order valence-corrected chi connectivity index (χ2v) is 7.08. The maximum Gasteiger partial charge on any atom is 0.0914 e. The Balaban J connectivity index is 1.52. The van der Waals surface area contributed by atoms with E-state index in [1.807, 2.05) is 24.3 Å². The quantitative estimate of drug-likeness (QED) is 0.598. The van der Waals surface area contributed by atoms with E-state index in [4.69, 9.17) is 11.6 Å². The van der Waals surface area contributed by atoms with Gasteiger partial charge in [-0.05, 0) is 47.7 Å². The summed E-state index contributed by atoms with van der Waals surface area (Å²) in [6.45, 7) is 2.64. The van der Waals surface area contributed by atoms with Gasteiger partial charge in [-0.1, -0.05) is 78.3 Å². The summed E-state index contributed by atoms with van der Waals surface area (Å²) in [5.41, 5.74) is 4.58. The highest BCUT2D eigenvalue weighted by Gasteiger charge is 2.10. The van der Waals surface area contributed by atoms with Crippen LogP contribution in [-0.4, -0.2) is 17.7 Å². The van der Waals surface area contributed by atoms with Crippen LogP contribution in [0.25, 0.3) is 11.1 Å². The summed E-state index contributed by atoms with van der Waals surface area (Å²) in [7, 11) is 0. The van der Waals surface area contributed by atoms with Crippen LogP contribution < -0.4 is 5.32 Å². The molecule has 0 spiro atoms. The fourth-order valence-electron chi connectivity index (χ4n) is 3.03. The molecule has 0 saturated carbocycles. The first-order valence-electron chi connectivity index (χ1n) is 8.93. The van der Waals surface area contributed by atoms with E-state index in [0.29, 0.717) is 11.6 Å². The van der Waals surface area contributed by atoms with E-state index in [2.05, 4.69) is 60.8 Å². The Kier molecular flexibility index (Phi) is 6.45. The van der Waals surface area contributed by atoms with Crippen molar-refractivity contribution in [2.45, 2.75) is 25.5 Å². The molecule has 0 aliphatic heterocycles. The highest BCUT2D eigenvalue weighted by molar-refractivity contribution is 6.30. The number of benzene rings is 3. The predicted molar refractivity (Wildman–Crippen MR) is 109 cm³/mol. The smallest absolute Gasteiger partial charge is 0.0914 e. The second kappa shape index (κ2) is 9.00. The van der Waals surface area contributed by atoms with Crippen LogP contribution in [-0.2, 0) is 6.42 Å². The molecule has 134 valence electrons. The third-order valence-electron chi connectivity index (χ3n) is 4.50. The molecule has 0 unspecified atom stereocenters. The molecule has 26 heavy (non-hydrogen) atoms. The Morgan fingerprint density at radius 1 is 0.885 bits per heavy atom. The minimum atomic E-state index is -0.559. The van der Waals surface area contributed by atoms with Crippen molar-refractivity contribution >= 4 is 11.6 Å². The summed E-state index contributed by atoms with van der Waals surface area (Å²) < 4.78 is 0. The van der Waals surface area contributed by atoms with Crippen LogP contribution in [0.1, 0.15) is 24.2 Å². The van der Waals surface area contributed by atoms with Gasteiger partial charge in [-0.15, -0.1) is 0 Å². The fraction of sp³-hybridized carbons (Fsp3) is 0.217. The number of aliphatic hydroxyl groups excluding tert-OH is 1. The van der Waals surface area contributed by atoms with Crippen molar-refractivity contribution in [2.24, 2.45) is 0 Å². The molecular formula is C23H24ClNO. The molecule has 0 aliphatic rings. The first-order chi connectivity index (χ1) is 12.6. The number of nitrogens with one attached hydrogen (secondary N) is 1. The van der Waals surface area contributed by atoms with Crippen LogP contribution in [0.5, 0.6) is 0 Å². The molecular weight excluding hydrogens is 342 g/mol. The van der Waals surface area contributed by atoms with Gasteiger partial charge in [-0.3, -0.25) is 0 Å². The van der Waals surface area contributed by atoms with Crippen molar-refractivity contribution in [3.05, 3.63) is 95.0 Å². The largest absolute Gasteiger partial charge is 0.387 e. The van der Waals surface area contributed by atoms with Gasteiger partial charge < -0.3 is 10.4 Å². The lowest BCUT2D eigenvalue weighted by molar-refractivity contribution is 0.170. The summed E-state index contributed by atoms with van der Waals surface area (Å²) in [6, 6.07) is 26.7. The molecule has 0 fully saturated rings. The summed E-state index contributed by atoms with van der Waals surface area (Å²) in [6.07, 6.45) is 0.355. The highest BCUT2D eigenvalue weighted by Crippen LogP contribution is 2.20. The van der Waals surface area contributed by atoms with E-state index >= 15 is 0 Å². The van der Waals surface area contributed by atoms with Gasteiger partial charge in [0.25, 0.3) is 0 Å². The van der Waals surface area contributed by atoms with E-state index < -0.39 is 6.10 Å². The summed E-state index contributed by atoms with van der Waals surface area (Å²) in [5, 5.41) is 14.3. The van der Waals surface area contributed by atoms with Gasteiger partial charge in [0.1, 0.15) is 0 Å². The van der Waals surface area contributed by atoms with E-state index in [1.54, 1.807) is 6.07 Å². The summed E-state index contributed by atoms with van der Waals surface area (Å²) in [5.74, 6) is 0. The lowest BCUT2D eigenvalue weighted by Crippen LogP contribution is -2.32. The van der Waals surface area contributed by atoms with Gasteiger partial charge in [0.05, 0.1) is 6.10 Å². The van der Waals surface area contributed by atoms with Gasteiger partial charge in [0.15, 0.2) is 0 Å². The second-order valence-electron chi connectivity index (χ2n) is 6.65. The van der Waals surface area contributed by atoms with Gasteiger partial charge in [-0.2, -0.15) is 0 Å². The lowest BCUT2D eigenvalue weighted by Gasteiger charge is -2.18. The van der Waals surface area contributed by atoms with Gasteiger partial charge in [-0.25, -0.2) is 0 Å². The predicted octanol–water partition coefficient (Wildman–Crippen LogP) is 5.26. The van der Waals surface area contributed by atoms with Crippen LogP contribution in [0.2, 0.25) is 5.02 Å². The molecule has 0 aliphatic carbocycles. The van der Waals surface area contributed by atoms with E-state index in [1.165, 1.54) is 16.7 Å². The van der Waals surface area contributed by atoms with Crippen molar-refractivity contribution in [3.63, 3.8) is 0 Å². The van der Waals surface area contributed by atoms with Crippen molar-refractivity contribution in [1.29, 1.82) is 0 Å². The first kappa shape index (κ1) is 18.7. The molecule has 0 heterocycles. The van der Waals surface area contributed by atoms with Crippen LogP contribution in [0.15, 0.2) is 78.9 Å². The molecule has 3 aromatic carbocycles. The van der Waals surface area contributed by atoms with Gasteiger partial charge in [0, 0.05) is 17.6 Å². The molecule has 0 amide bonds. The zero-order valence-electron chi connectivity index (χ0n) is 14.9. The van der Waals surface area contributed by atoms with Gasteiger partial charge in [0.2, 0.25) is 0 Å². The monoisotopic (exact) mass is 365 g/mol. The average Bonchev–Trinajstić information content (AvgIpc) is 2.67. The molecule has 0 radical (unpaired) electrons. The van der Waals surface area contributed by atoms with Crippen molar-refractivity contribution in [1.82, 2.24) is 5.32 Å². The minimum Gasteiger partial charge on any atom is -0.387 e. The van der Waals surface area contributed by atoms with Crippen molar-refractivity contribution in [3.8, 4) is 11.1 Å². The van der Waals surface area contributed by atoms with Crippen LogP contribution in [0.4, 0.5) is 0 Å². The minimum absolute atomic E-state index is 0.270. The molecule has 3 rings (SSSR count). The van der Waals surface area contributed by atoms with Gasteiger partial charge >= 0.3 is 0 Å². The molecule has 2 nitrogen and oxygen atoms in total. The molecule has 2 atom stereocenters. The summed E-state index contributed by atoms with van der Waals surface area (Å²) in [4.78, 5) is 0. The standard InChI is InChI=1S/C23H24ClNO/c1-17(25-16-23(26)21-8-5-9-22(24)15-21)14-18-10-12-20(13-11-18)19-6-3-2-4-7-19/h2-13,15,17,23,25-26H,14,16H2,1H3/t17-,23+/m1/s1. The Labute approximate surface area is 160 Å². The Morgan fingerprint density at radius 3 is 2.27 bits per heavy atom. The maximum atomic E-state index is 10.3. The van der Waals surface area contributed by atoms with E-state index in [0.717, 1.165) is 12.0 Å². The number of rotatable bonds is 7. The van der Waals surface area contributed by atoms with Crippen LogP contribution >= 0.6 is 11.6 Å². The zero-order chi connectivity index (χ0) is 18.4. The summed E-state index contributed by atoms with van der Waals surface area (Å²) >= 11 is 5.98. The maximum absolute atomic E-state index is 10.3. The van der Waals surface area contributed by atoms with Crippen molar-refractivity contribution < 1.29 is 5.11 Å². The van der Waals surface area contributed by atoms with Crippen molar-refractivity contribution in [2.75, 3.05) is 6.54 Å². The molecule has 0 saturated heterocycles. The Morgan fingerprint density at radius 2 is 1.58 bits per heavy atom. The third kappa shape index (κ3) is 5.18. The number of aliphatic hydroxyl groups is 1. The normalized spacial score (nSPS) is 13.3. The third-order valence-corrected chi connectivity index (χ3v) is 4.73. The zero-order valence-corrected chi connectivity index (χ0v) is 15.7. The topological polar surface area (TPSA) is 32.3 Å². The highest BCUT2D eigenvalue weighted by atomic mass is 35.5. The SMILES string of the molecule is C[C@H](Cc1ccc(-c2ccccc2)cc1)NC[C@H](O)c1cccc(Cl)c1. The average molecular weight is 366 g/mol. The number of halogens is 1. The Hall–Kier alpha value is -2.13.